The van der Waals surface area contributed by atoms with Gasteiger partial charge in [0.15, 0.2) is 0 Å². The fourth-order valence-electron chi connectivity index (χ4n) is 6.03. The molecule has 0 aromatic carbocycles. The van der Waals surface area contributed by atoms with Gasteiger partial charge < -0.3 is 10.0 Å². The highest BCUT2D eigenvalue weighted by Gasteiger charge is 2.59. The molecular weight excluding hydrogens is 250 g/mol. The molecule has 0 aromatic heterocycles. The number of hydrogen-bond acceptors (Lipinski definition) is 2. The number of nitrogens with zero attached hydrogens (tertiary/aromatic N) is 1. The van der Waals surface area contributed by atoms with Crippen molar-refractivity contribution < 1.29 is 9.90 Å². The lowest BCUT2D eigenvalue weighted by molar-refractivity contribution is -0.167. The predicted molar refractivity (Wildman–Crippen MR) is 79.2 cm³/mol. The smallest absolute Gasteiger partial charge is 0.228 e. The minimum atomic E-state index is -0.809. The van der Waals surface area contributed by atoms with E-state index in [2.05, 4.69) is 6.92 Å². The molecule has 4 saturated carbocycles. The Balaban J connectivity index is 1.81. The molecule has 2 unspecified atom stereocenters. The Kier molecular flexibility index (Phi) is 3.03. The zero-order valence-corrected chi connectivity index (χ0v) is 13.4. The first-order chi connectivity index (χ1) is 9.11. The summed E-state index contributed by atoms with van der Waals surface area (Å²) in [5.41, 5.74) is -0.523. The molecule has 114 valence electrons. The minimum Gasteiger partial charge on any atom is -0.389 e. The Hall–Kier alpha value is -0.570. The second-order valence-corrected chi connectivity index (χ2v) is 9.03. The van der Waals surface area contributed by atoms with Gasteiger partial charge in [-0.05, 0) is 69.6 Å². The summed E-state index contributed by atoms with van der Waals surface area (Å²) in [4.78, 5) is 14.8. The molecular formula is C17H29NO2. The quantitative estimate of drug-likeness (QED) is 0.863. The second-order valence-electron chi connectivity index (χ2n) is 9.03. The van der Waals surface area contributed by atoms with Crippen LogP contribution in [0.25, 0.3) is 0 Å². The summed E-state index contributed by atoms with van der Waals surface area (Å²) in [5, 5.41) is 9.98. The maximum absolute atomic E-state index is 13.0. The van der Waals surface area contributed by atoms with Crippen LogP contribution in [-0.4, -0.2) is 35.1 Å². The van der Waals surface area contributed by atoms with Crippen LogP contribution in [-0.2, 0) is 4.79 Å². The van der Waals surface area contributed by atoms with Crippen LogP contribution in [0.5, 0.6) is 0 Å². The van der Waals surface area contributed by atoms with Crippen LogP contribution >= 0.6 is 0 Å². The number of amides is 1. The predicted octanol–water partition coefficient (Wildman–Crippen LogP) is 2.82. The SMILES string of the molecule is CN(CC(C)(C)O)C(=O)C12CC3CC(CC(C)(C3)C1)C2. The van der Waals surface area contributed by atoms with E-state index in [0.717, 1.165) is 31.1 Å². The number of carbonyl (C=O) groups excluding carboxylic acids is 1. The Labute approximate surface area is 122 Å². The first-order valence-corrected chi connectivity index (χ1v) is 8.09. The molecule has 0 spiro atoms. The molecule has 2 atom stereocenters. The number of hydrogen-bond donors (Lipinski definition) is 1. The van der Waals surface area contributed by atoms with Crippen molar-refractivity contribution in [1.29, 1.82) is 0 Å². The molecule has 3 heteroatoms. The minimum absolute atomic E-state index is 0.112. The van der Waals surface area contributed by atoms with E-state index in [-0.39, 0.29) is 5.41 Å². The number of rotatable bonds is 3. The summed E-state index contributed by atoms with van der Waals surface area (Å²) >= 11 is 0. The van der Waals surface area contributed by atoms with Crippen LogP contribution in [0.15, 0.2) is 0 Å². The summed E-state index contributed by atoms with van der Waals surface area (Å²) in [6.45, 7) is 6.37. The van der Waals surface area contributed by atoms with Crippen LogP contribution < -0.4 is 0 Å². The van der Waals surface area contributed by atoms with Crippen molar-refractivity contribution in [3.63, 3.8) is 0 Å². The monoisotopic (exact) mass is 279 g/mol. The summed E-state index contributed by atoms with van der Waals surface area (Å²) in [7, 11) is 1.86. The zero-order chi connectivity index (χ0) is 14.8. The molecule has 4 aliphatic carbocycles. The van der Waals surface area contributed by atoms with Gasteiger partial charge in [-0.25, -0.2) is 0 Å². The first-order valence-electron chi connectivity index (χ1n) is 8.09. The molecule has 0 saturated heterocycles. The van der Waals surface area contributed by atoms with Crippen LogP contribution in [0.4, 0.5) is 0 Å². The van der Waals surface area contributed by atoms with Crippen molar-refractivity contribution in [2.24, 2.45) is 22.7 Å². The van der Waals surface area contributed by atoms with E-state index in [1.165, 1.54) is 19.3 Å². The van der Waals surface area contributed by atoms with Crippen LogP contribution in [0, 0.1) is 22.7 Å². The zero-order valence-electron chi connectivity index (χ0n) is 13.4. The molecule has 4 rings (SSSR count). The summed E-state index contributed by atoms with van der Waals surface area (Å²) in [6.07, 6.45) is 7.26. The van der Waals surface area contributed by atoms with Gasteiger partial charge >= 0.3 is 0 Å². The van der Waals surface area contributed by atoms with Gasteiger partial charge in [0.25, 0.3) is 0 Å². The molecule has 1 N–H and O–H groups in total. The number of carbonyl (C=O) groups is 1. The molecule has 3 nitrogen and oxygen atoms in total. The summed E-state index contributed by atoms with van der Waals surface area (Å²) in [6, 6.07) is 0. The van der Waals surface area contributed by atoms with E-state index in [9.17, 15) is 9.90 Å². The Morgan fingerprint density at radius 1 is 1.25 bits per heavy atom. The van der Waals surface area contributed by atoms with E-state index < -0.39 is 5.60 Å². The van der Waals surface area contributed by atoms with Crippen molar-refractivity contribution >= 4 is 5.91 Å². The topological polar surface area (TPSA) is 40.5 Å². The third-order valence-corrected chi connectivity index (χ3v) is 5.78. The van der Waals surface area contributed by atoms with E-state index in [1.54, 1.807) is 18.7 Å². The molecule has 0 aromatic rings. The van der Waals surface area contributed by atoms with Gasteiger partial charge in [-0.3, -0.25) is 4.79 Å². The van der Waals surface area contributed by atoms with Gasteiger partial charge in [-0.15, -0.1) is 0 Å². The first kappa shape index (κ1) is 14.4. The number of likely N-dealkylation sites (N-methyl/N-ethyl adjacent to an activating group) is 1. The number of aliphatic hydroxyl groups is 1. The molecule has 0 radical (unpaired) electrons. The highest BCUT2D eigenvalue weighted by atomic mass is 16.3. The Morgan fingerprint density at radius 3 is 2.25 bits per heavy atom. The molecule has 4 aliphatic rings. The maximum Gasteiger partial charge on any atom is 0.228 e. The maximum atomic E-state index is 13.0. The molecule has 20 heavy (non-hydrogen) atoms. The third-order valence-electron chi connectivity index (χ3n) is 5.78. The van der Waals surface area contributed by atoms with Crippen molar-refractivity contribution in [3.8, 4) is 0 Å². The molecule has 1 amide bonds. The highest BCUT2D eigenvalue weighted by molar-refractivity contribution is 5.83. The van der Waals surface area contributed by atoms with Gasteiger partial charge in [-0.1, -0.05) is 6.92 Å². The van der Waals surface area contributed by atoms with Gasteiger partial charge in [-0.2, -0.15) is 0 Å². The fourth-order valence-corrected chi connectivity index (χ4v) is 6.03. The van der Waals surface area contributed by atoms with E-state index >= 15 is 0 Å². The van der Waals surface area contributed by atoms with Crippen molar-refractivity contribution in [2.75, 3.05) is 13.6 Å². The van der Waals surface area contributed by atoms with Gasteiger partial charge in [0.2, 0.25) is 5.91 Å². The van der Waals surface area contributed by atoms with Crippen molar-refractivity contribution in [2.45, 2.75) is 64.9 Å². The third kappa shape index (κ3) is 2.38. The normalized spacial score (nSPS) is 42.9. The van der Waals surface area contributed by atoms with Crippen LogP contribution in [0.2, 0.25) is 0 Å². The lowest BCUT2D eigenvalue weighted by atomic mass is 9.44. The van der Waals surface area contributed by atoms with E-state index in [1.807, 2.05) is 7.05 Å². The fraction of sp³-hybridized carbons (Fsp3) is 0.941. The Bertz CT molecular complexity index is 409. The van der Waals surface area contributed by atoms with Crippen molar-refractivity contribution in [3.05, 3.63) is 0 Å². The summed E-state index contributed by atoms with van der Waals surface area (Å²) in [5.74, 6) is 1.82. The highest BCUT2D eigenvalue weighted by Crippen LogP contribution is 2.65. The largest absolute Gasteiger partial charge is 0.389 e. The molecule has 0 aliphatic heterocycles. The molecule has 0 heterocycles. The lowest BCUT2D eigenvalue weighted by Crippen LogP contribution is -2.58. The average molecular weight is 279 g/mol. The van der Waals surface area contributed by atoms with E-state index in [4.69, 9.17) is 0 Å². The molecule has 4 bridgehead atoms. The second kappa shape index (κ2) is 4.22. The van der Waals surface area contributed by atoms with Crippen LogP contribution in [0.1, 0.15) is 59.3 Å². The summed E-state index contributed by atoms with van der Waals surface area (Å²) < 4.78 is 0. The standard InChI is InChI=1S/C17H29NO2/c1-15(2,20)11-18(4)14(19)17-8-12-5-13(9-17)7-16(3,6-12)10-17/h12-13,20H,5-11H2,1-4H3. The molecule has 4 fully saturated rings. The Morgan fingerprint density at radius 2 is 1.80 bits per heavy atom. The van der Waals surface area contributed by atoms with Crippen LogP contribution in [0.3, 0.4) is 0 Å². The van der Waals surface area contributed by atoms with E-state index in [0.29, 0.717) is 17.9 Å². The lowest BCUT2D eigenvalue weighted by Gasteiger charge is -2.61. The van der Waals surface area contributed by atoms with Crippen molar-refractivity contribution in [1.82, 2.24) is 4.90 Å². The average Bonchev–Trinajstić information content (AvgIpc) is 2.21. The van der Waals surface area contributed by atoms with Gasteiger partial charge in [0.05, 0.1) is 11.0 Å². The van der Waals surface area contributed by atoms with Gasteiger partial charge in [0.1, 0.15) is 0 Å². The van der Waals surface area contributed by atoms with Gasteiger partial charge in [0, 0.05) is 13.6 Å².